The molecule has 6 heteroatoms. The fourth-order valence-electron chi connectivity index (χ4n) is 2.58. The zero-order valence-electron chi connectivity index (χ0n) is 17.6. The lowest BCUT2D eigenvalue weighted by Gasteiger charge is -2.31. The van der Waals surface area contributed by atoms with Crippen LogP contribution in [0.25, 0.3) is 0 Å². The van der Waals surface area contributed by atoms with E-state index in [9.17, 15) is 0 Å². The van der Waals surface area contributed by atoms with Crippen LogP contribution in [0.5, 0.6) is 0 Å². The summed E-state index contributed by atoms with van der Waals surface area (Å²) in [5, 5.41) is 0. The monoisotopic (exact) mass is 392 g/mol. The topological polar surface area (TPSA) is 27.7 Å². The Kier molecular flexibility index (Phi) is 14.0. The van der Waals surface area contributed by atoms with Crippen LogP contribution in [0.2, 0.25) is 45.3 Å². The van der Waals surface area contributed by atoms with Crippen molar-refractivity contribution in [3.05, 3.63) is 0 Å². The molecule has 3 nitrogen and oxygen atoms in total. The summed E-state index contributed by atoms with van der Waals surface area (Å²) in [4.78, 5) is 0. The first-order chi connectivity index (χ1) is 11.1. The maximum Gasteiger partial charge on any atom is 0.187 e. The van der Waals surface area contributed by atoms with E-state index in [-0.39, 0.29) is 6.29 Å². The van der Waals surface area contributed by atoms with Crippen LogP contribution in [0, 0.1) is 0 Å². The molecule has 0 unspecified atom stereocenters. The zero-order valence-corrected chi connectivity index (χ0v) is 21.0. The molecule has 0 spiro atoms. The Balaban J connectivity index is 3.69. The third-order valence-corrected chi connectivity index (χ3v) is 6.87. The SMILES string of the molecule is CCCCCCCCCC[SiH2]OCC(O[Si](C)(C)C)O[Si](C)(C)C. The van der Waals surface area contributed by atoms with Crippen molar-refractivity contribution in [2.75, 3.05) is 6.61 Å². The molecule has 0 aliphatic heterocycles. The molecule has 0 N–H and O–H groups in total. The standard InChI is InChI=1S/C18H44O3Si3/c1-8-9-10-11-12-13-14-15-16-22-19-17-18(20-23(2,3)4)21-24(5,6)7/h18H,8-17,22H2,1-7H3. The van der Waals surface area contributed by atoms with Gasteiger partial charge in [0.25, 0.3) is 0 Å². The molecule has 0 radical (unpaired) electrons. The first-order valence-electron chi connectivity index (χ1n) is 10.1. The van der Waals surface area contributed by atoms with Crippen molar-refractivity contribution in [1.82, 2.24) is 0 Å². The highest BCUT2D eigenvalue weighted by atomic mass is 28.4. The quantitative estimate of drug-likeness (QED) is 0.192. The highest BCUT2D eigenvalue weighted by Gasteiger charge is 2.26. The fraction of sp³-hybridized carbons (Fsp3) is 1.00. The van der Waals surface area contributed by atoms with Crippen molar-refractivity contribution in [1.29, 1.82) is 0 Å². The van der Waals surface area contributed by atoms with E-state index in [0.29, 0.717) is 6.61 Å². The Hall–Kier alpha value is 0.531. The van der Waals surface area contributed by atoms with E-state index in [1.807, 2.05) is 0 Å². The van der Waals surface area contributed by atoms with Gasteiger partial charge >= 0.3 is 0 Å². The average Bonchev–Trinajstić information content (AvgIpc) is 2.41. The summed E-state index contributed by atoms with van der Waals surface area (Å²) in [6.45, 7) is 16.2. The molecular formula is C18H44O3Si3. The van der Waals surface area contributed by atoms with Gasteiger partial charge in [-0.25, -0.2) is 0 Å². The molecule has 0 amide bonds. The molecule has 0 atom stereocenters. The van der Waals surface area contributed by atoms with Gasteiger partial charge in [0.2, 0.25) is 0 Å². The van der Waals surface area contributed by atoms with Crippen LogP contribution in [0.3, 0.4) is 0 Å². The molecule has 0 aliphatic rings. The van der Waals surface area contributed by atoms with Gasteiger partial charge in [-0.15, -0.1) is 0 Å². The highest BCUT2D eigenvalue weighted by molar-refractivity contribution is 6.70. The van der Waals surface area contributed by atoms with Crippen LogP contribution in [-0.4, -0.2) is 39.3 Å². The lowest BCUT2D eigenvalue weighted by molar-refractivity contribution is -0.0390. The minimum atomic E-state index is -1.59. The largest absolute Gasteiger partial charge is 0.419 e. The highest BCUT2D eigenvalue weighted by Crippen LogP contribution is 2.15. The lowest BCUT2D eigenvalue weighted by atomic mass is 10.1. The van der Waals surface area contributed by atoms with Gasteiger partial charge in [0.05, 0.1) is 6.61 Å². The molecule has 0 saturated carbocycles. The van der Waals surface area contributed by atoms with Gasteiger partial charge in [-0.05, 0) is 45.3 Å². The van der Waals surface area contributed by atoms with E-state index in [0.717, 1.165) is 0 Å². The van der Waals surface area contributed by atoms with Gasteiger partial charge in [-0.2, -0.15) is 0 Å². The smallest absolute Gasteiger partial charge is 0.187 e. The Morgan fingerprint density at radius 3 is 1.62 bits per heavy atom. The van der Waals surface area contributed by atoms with Gasteiger partial charge in [0, 0.05) is 0 Å². The van der Waals surface area contributed by atoms with Crippen molar-refractivity contribution in [3.63, 3.8) is 0 Å². The molecular weight excluding hydrogens is 348 g/mol. The Morgan fingerprint density at radius 2 is 1.17 bits per heavy atom. The predicted octanol–water partition coefficient (Wildman–Crippen LogP) is 5.67. The molecule has 0 aromatic rings. The van der Waals surface area contributed by atoms with Gasteiger partial charge in [0.1, 0.15) is 0 Å². The van der Waals surface area contributed by atoms with Crippen LogP contribution < -0.4 is 0 Å². The minimum absolute atomic E-state index is 0.144. The molecule has 0 aliphatic carbocycles. The summed E-state index contributed by atoms with van der Waals surface area (Å²) in [7, 11) is -3.59. The second kappa shape index (κ2) is 13.7. The molecule has 146 valence electrons. The van der Waals surface area contributed by atoms with E-state index >= 15 is 0 Å². The van der Waals surface area contributed by atoms with E-state index in [1.54, 1.807) is 0 Å². The van der Waals surface area contributed by atoms with Crippen molar-refractivity contribution >= 4 is 26.4 Å². The Labute approximate surface area is 156 Å². The van der Waals surface area contributed by atoms with Gasteiger partial charge in [-0.3, -0.25) is 0 Å². The Bertz CT molecular complexity index is 272. The van der Waals surface area contributed by atoms with E-state index in [4.69, 9.17) is 13.3 Å². The maximum atomic E-state index is 6.15. The molecule has 0 aromatic heterocycles. The van der Waals surface area contributed by atoms with E-state index < -0.39 is 26.4 Å². The first kappa shape index (κ1) is 24.5. The normalized spacial score (nSPS) is 13.5. The third-order valence-electron chi connectivity index (χ3n) is 3.62. The summed E-state index contributed by atoms with van der Waals surface area (Å²) in [5.41, 5.74) is 0. The summed E-state index contributed by atoms with van der Waals surface area (Å²) < 4.78 is 18.3. The minimum Gasteiger partial charge on any atom is -0.419 e. The molecule has 0 saturated heterocycles. The second-order valence-electron chi connectivity index (χ2n) is 8.79. The van der Waals surface area contributed by atoms with Gasteiger partial charge < -0.3 is 13.3 Å². The van der Waals surface area contributed by atoms with Crippen molar-refractivity contribution in [2.45, 2.75) is 110 Å². The van der Waals surface area contributed by atoms with E-state index in [1.165, 1.54) is 57.4 Å². The first-order valence-corrected chi connectivity index (χ1v) is 18.5. The van der Waals surface area contributed by atoms with Crippen LogP contribution in [-0.2, 0) is 13.3 Å². The maximum absolute atomic E-state index is 6.15. The van der Waals surface area contributed by atoms with Crippen LogP contribution in [0.15, 0.2) is 0 Å². The van der Waals surface area contributed by atoms with Gasteiger partial charge in [-0.1, -0.05) is 58.3 Å². The molecule has 0 rings (SSSR count). The number of rotatable bonds is 16. The number of hydrogen-bond acceptors (Lipinski definition) is 3. The summed E-state index contributed by atoms with van der Waals surface area (Å²) >= 11 is 0. The van der Waals surface area contributed by atoms with Crippen molar-refractivity contribution < 1.29 is 13.3 Å². The van der Waals surface area contributed by atoms with Crippen LogP contribution >= 0.6 is 0 Å². The summed E-state index contributed by atoms with van der Waals surface area (Å²) in [6, 6.07) is 1.29. The predicted molar refractivity (Wildman–Crippen MR) is 115 cm³/mol. The fourth-order valence-corrected chi connectivity index (χ4v) is 5.60. The zero-order chi connectivity index (χ0) is 18.5. The average molecular weight is 393 g/mol. The molecule has 24 heavy (non-hydrogen) atoms. The van der Waals surface area contributed by atoms with E-state index in [2.05, 4.69) is 46.2 Å². The lowest BCUT2D eigenvalue weighted by Crippen LogP contribution is -2.42. The summed E-state index contributed by atoms with van der Waals surface area (Å²) in [5.74, 6) is 0. The number of hydrogen-bond donors (Lipinski definition) is 0. The van der Waals surface area contributed by atoms with Crippen molar-refractivity contribution in [2.24, 2.45) is 0 Å². The molecule has 0 aromatic carbocycles. The molecule has 0 heterocycles. The molecule has 0 bridgehead atoms. The van der Waals surface area contributed by atoms with Crippen molar-refractivity contribution in [3.8, 4) is 0 Å². The van der Waals surface area contributed by atoms with Crippen LogP contribution in [0.4, 0.5) is 0 Å². The van der Waals surface area contributed by atoms with Crippen LogP contribution in [0.1, 0.15) is 58.3 Å². The summed E-state index contributed by atoms with van der Waals surface area (Å²) in [6.07, 6.45) is 11.0. The Morgan fingerprint density at radius 1 is 0.708 bits per heavy atom. The van der Waals surface area contributed by atoms with Gasteiger partial charge in [0.15, 0.2) is 32.7 Å². The number of unbranched alkanes of at least 4 members (excludes halogenated alkanes) is 7. The third kappa shape index (κ3) is 18.9. The second-order valence-corrected chi connectivity index (χ2v) is 19.2. The molecule has 0 fully saturated rings.